The van der Waals surface area contributed by atoms with E-state index in [1.54, 1.807) is 31.2 Å². The zero-order chi connectivity index (χ0) is 18.8. The second-order valence-corrected chi connectivity index (χ2v) is 5.95. The number of carbonyl (C=O) groups excluding carboxylic acids is 1. The molecule has 26 heavy (non-hydrogen) atoms. The van der Waals surface area contributed by atoms with E-state index in [2.05, 4.69) is 0 Å². The molecule has 1 atom stereocenters. The van der Waals surface area contributed by atoms with Crippen LogP contribution in [0.1, 0.15) is 29.9 Å². The molecule has 1 aromatic carbocycles. The number of carbonyl (C=O) groups is 1. The molecule has 3 rings (SSSR count). The van der Waals surface area contributed by atoms with Gasteiger partial charge in [-0.25, -0.2) is 4.79 Å². The number of hydrogen-bond acceptors (Lipinski definition) is 7. The van der Waals surface area contributed by atoms with Crippen LogP contribution in [0.3, 0.4) is 0 Å². The summed E-state index contributed by atoms with van der Waals surface area (Å²) in [5.41, 5.74) is 6.02. The van der Waals surface area contributed by atoms with Crippen molar-refractivity contribution >= 4 is 17.6 Å². The highest BCUT2D eigenvalue weighted by Crippen LogP contribution is 2.41. The van der Waals surface area contributed by atoms with Gasteiger partial charge in [-0.15, -0.1) is 0 Å². The summed E-state index contributed by atoms with van der Waals surface area (Å²) in [5, 5.41) is 9.85. The van der Waals surface area contributed by atoms with Crippen LogP contribution in [-0.4, -0.2) is 17.7 Å². The van der Waals surface area contributed by atoms with Crippen molar-refractivity contribution in [3.05, 3.63) is 74.1 Å². The Kier molecular flexibility index (Phi) is 5.01. The van der Waals surface area contributed by atoms with Gasteiger partial charge >= 0.3 is 5.97 Å². The Morgan fingerprint density at radius 3 is 2.65 bits per heavy atom. The van der Waals surface area contributed by atoms with Crippen LogP contribution < -0.4 is 15.9 Å². The van der Waals surface area contributed by atoms with E-state index in [1.807, 2.05) is 0 Å². The Balaban J connectivity index is 2.26. The Hall–Kier alpha value is -2.77. The van der Waals surface area contributed by atoms with Gasteiger partial charge in [0.15, 0.2) is 5.76 Å². The lowest BCUT2D eigenvalue weighted by Crippen LogP contribution is -2.30. The highest BCUT2D eigenvalue weighted by molar-refractivity contribution is 6.30. The second kappa shape index (κ2) is 7.23. The molecule has 0 saturated carbocycles. The third-order valence-electron chi connectivity index (χ3n) is 3.86. The molecule has 136 valence electrons. The molecule has 1 aliphatic rings. The molecule has 0 bridgehead atoms. The first-order valence-corrected chi connectivity index (χ1v) is 8.21. The maximum atomic E-state index is 12.5. The molecule has 0 aliphatic carbocycles. The average Bonchev–Trinajstić information content (AvgIpc) is 2.62. The van der Waals surface area contributed by atoms with Crippen LogP contribution in [0.25, 0.3) is 0 Å². The number of halogens is 1. The first kappa shape index (κ1) is 18.0. The fourth-order valence-electron chi connectivity index (χ4n) is 2.76. The van der Waals surface area contributed by atoms with Crippen molar-refractivity contribution in [3.8, 4) is 5.75 Å². The second-order valence-electron chi connectivity index (χ2n) is 5.51. The van der Waals surface area contributed by atoms with Crippen LogP contribution in [0.4, 0.5) is 0 Å². The van der Waals surface area contributed by atoms with E-state index in [0.29, 0.717) is 10.6 Å². The molecule has 1 aliphatic heterocycles. The molecule has 8 heteroatoms. The van der Waals surface area contributed by atoms with Gasteiger partial charge in [0.1, 0.15) is 17.9 Å². The lowest BCUT2D eigenvalue weighted by atomic mass is 9.86. The standard InChI is InChI=1S/C18H16ClNO6/c1-2-24-18(23)14-13(9-3-5-10(19)6-4-9)16-15(26-17(14)20)12(22)7-11(8-21)25-16/h3-7,13,21H,2,8,20H2,1H3/t13-/m0/s1. The molecule has 2 heterocycles. The van der Waals surface area contributed by atoms with E-state index in [0.717, 1.165) is 6.07 Å². The van der Waals surface area contributed by atoms with Crippen LogP contribution in [0.2, 0.25) is 5.02 Å². The number of benzene rings is 1. The zero-order valence-electron chi connectivity index (χ0n) is 13.8. The van der Waals surface area contributed by atoms with Crippen LogP contribution in [0, 0.1) is 0 Å². The Labute approximate surface area is 153 Å². The monoisotopic (exact) mass is 377 g/mol. The normalized spacial score (nSPS) is 16.0. The highest BCUT2D eigenvalue weighted by Gasteiger charge is 2.39. The summed E-state index contributed by atoms with van der Waals surface area (Å²) in [7, 11) is 0. The molecule has 0 amide bonds. The molecule has 3 N–H and O–H groups in total. The molecule has 1 aromatic heterocycles. The quantitative estimate of drug-likeness (QED) is 0.784. The van der Waals surface area contributed by atoms with Crippen LogP contribution in [0.15, 0.2) is 51.0 Å². The van der Waals surface area contributed by atoms with Crippen LogP contribution in [-0.2, 0) is 16.1 Å². The van der Waals surface area contributed by atoms with Crippen molar-refractivity contribution in [1.82, 2.24) is 0 Å². The molecule has 0 radical (unpaired) electrons. The third kappa shape index (κ3) is 3.18. The maximum absolute atomic E-state index is 12.5. The number of fused-ring (bicyclic) bond motifs is 1. The van der Waals surface area contributed by atoms with Gasteiger partial charge in [0, 0.05) is 11.1 Å². The minimum atomic E-state index is -0.839. The van der Waals surface area contributed by atoms with E-state index < -0.39 is 23.9 Å². The lowest BCUT2D eigenvalue weighted by molar-refractivity contribution is -0.139. The van der Waals surface area contributed by atoms with Gasteiger partial charge in [-0.1, -0.05) is 23.7 Å². The molecular formula is C18H16ClNO6. The number of aliphatic hydroxyl groups is 1. The molecule has 2 aromatic rings. The van der Waals surface area contributed by atoms with Gasteiger partial charge in [-0.3, -0.25) is 4.79 Å². The van der Waals surface area contributed by atoms with E-state index in [9.17, 15) is 14.7 Å². The van der Waals surface area contributed by atoms with Gasteiger partial charge in [0.25, 0.3) is 0 Å². The van der Waals surface area contributed by atoms with Crippen LogP contribution in [0.5, 0.6) is 5.75 Å². The maximum Gasteiger partial charge on any atom is 0.340 e. The van der Waals surface area contributed by atoms with E-state index in [1.165, 1.54) is 0 Å². The molecule has 7 nitrogen and oxygen atoms in total. The number of hydrogen-bond donors (Lipinski definition) is 2. The summed E-state index contributed by atoms with van der Waals surface area (Å²) in [4.78, 5) is 24.8. The molecule has 0 fully saturated rings. The summed E-state index contributed by atoms with van der Waals surface area (Å²) < 4.78 is 16.1. The topological polar surface area (TPSA) is 112 Å². The highest BCUT2D eigenvalue weighted by atomic mass is 35.5. The van der Waals surface area contributed by atoms with Gasteiger partial charge in [0.2, 0.25) is 17.1 Å². The van der Waals surface area contributed by atoms with E-state index in [-0.39, 0.29) is 35.3 Å². The van der Waals surface area contributed by atoms with Crippen molar-refractivity contribution in [3.63, 3.8) is 0 Å². The Morgan fingerprint density at radius 2 is 2.04 bits per heavy atom. The minimum absolute atomic E-state index is 0.0138. The summed E-state index contributed by atoms with van der Waals surface area (Å²) in [6.07, 6.45) is 0. The third-order valence-corrected chi connectivity index (χ3v) is 4.12. The number of esters is 1. The largest absolute Gasteiger partial charge is 0.462 e. The molecule has 0 saturated heterocycles. The summed E-state index contributed by atoms with van der Waals surface area (Å²) in [6, 6.07) is 7.75. The summed E-state index contributed by atoms with van der Waals surface area (Å²) in [5.74, 6) is -1.78. The van der Waals surface area contributed by atoms with Gasteiger partial charge in [-0.2, -0.15) is 0 Å². The molecular weight excluding hydrogens is 362 g/mol. The predicted molar refractivity (Wildman–Crippen MR) is 92.7 cm³/mol. The number of nitrogens with two attached hydrogens (primary N) is 1. The van der Waals surface area contributed by atoms with Crippen molar-refractivity contribution in [2.24, 2.45) is 5.73 Å². The summed E-state index contributed by atoms with van der Waals surface area (Å²) in [6.45, 7) is 1.31. The lowest BCUT2D eigenvalue weighted by Gasteiger charge is -2.26. The zero-order valence-corrected chi connectivity index (χ0v) is 14.6. The van der Waals surface area contributed by atoms with E-state index >= 15 is 0 Å². The van der Waals surface area contributed by atoms with Gasteiger partial charge in [0.05, 0.1) is 12.5 Å². The molecule has 0 unspecified atom stereocenters. The Morgan fingerprint density at radius 1 is 1.35 bits per heavy atom. The smallest absolute Gasteiger partial charge is 0.340 e. The predicted octanol–water partition coefficient (Wildman–Crippen LogP) is 2.04. The number of ether oxygens (including phenoxy) is 2. The fraction of sp³-hybridized carbons (Fsp3) is 0.222. The average molecular weight is 378 g/mol. The van der Waals surface area contributed by atoms with Crippen LogP contribution >= 0.6 is 11.6 Å². The fourth-order valence-corrected chi connectivity index (χ4v) is 2.88. The SMILES string of the molecule is CCOC(=O)C1=C(N)Oc2c(oc(CO)cc2=O)[C@H]1c1ccc(Cl)cc1. The number of rotatable bonds is 4. The van der Waals surface area contributed by atoms with Crippen molar-refractivity contribution in [2.45, 2.75) is 19.4 Å². The number of aliphatic hydroxyl groups excluding tert-OH is 1. The van der Waals surface area contributed by atoms with Crippen molar-refractivity contribution in [1.29, 1.82) is 0 Å². The molecule has 0 spiro atoms. The first-order valence-electron chi connectivity index (χ1n) is 7.84. The Bertz CT molecular complexity index is 932. The van der Waals surface area contributed by atoms with Crippen molar-refractivity contribution < 1.29 is 23.8 Å². The van der Waals surface area contributed by atoms with Gasteiger partial charge in [-0.05, 0) is 24.6 Å². The first-order chi connectivity index (χ1) is 12.5. The van der Waals surface area contributed by atoms with E-state index in [4.69, 9.17) is 31.2 Å². The summed E-state index contributed by atoms with van der Waals surface area (Å²) >= 11 is 5.94. The minimum Gasteiger partial charge on any atom is -0.462 e. The van der Waals surface area contributed by atoms with Gasteiger partial charge < -0.3 is 24.7 Å². The van der Waals surface area contributed by atoms with Crippen molar-refractivity contribution in [2.75, 3.05) is 6.61 Å².